The molecule has 0 spiro atoms. The summed E-state index contributed by atoms with van der Waals surface area (Å²) >= 11 is 5.86. The smallest absolute Gasteiger partial charge is 0.344 e. The molecule has 0 aliphatic rings. The first-order chi connectivity index (χ1) is 13.6. The SMILES string of the molecule is O=C(COc1cccc(Cl)c1)OCc1ccc(C(=O)Nc2ccccc2)cc1. The van der Waals surface area contributed by atoms with Gasteiger partial charge in [-0.3, -0.25) is 4.79 Å². The molecule has 0 unspecified atom stereocenters. The van der Waals surface area contributed by atoms with Gasteiger partial charge in [0, 0.05) is 16.3 Å². The van der Waals surface area contributed by atoms with Crippen molar-refractivity contribution in [2.75, 3.05) is 11.9 Å². The van der Waals surface area contributed by atoms with Gasteiger partial charge in [0.05, 0.1) is 0 Å². The number of esters is 1. The van der Waals surface area contributed by atoms with Crippen LogP contribution in [0.25, 0.3) is 0 Å². The first-order valence-corrected chi connectivity index (χ1v) is 8.97. The summed E-state index contributed by atoms with van der Waals surface area (Å²) in [5, 5.41) is 3.34. The summed E-state index contributed by atoms with van der Waals surface area (Å²) in [5.41, 5.74) is 2.01. The van der Waals surface area contributed by atoms with Gasteiger partial charge in [-0.15, -0.1) is 0 Å². The van der Waals surface area contributed by atoms with Crippen molar-refractivity contribution >= 4 is 29.2 Å². The second-order valence-corrected chi connectivity index (χ2v) is 6.36. The Balaban J connectivity index is 1.46. The molecule has 1 amide bonds. The van der Waals surface area contributed by atoms with Gasteiger partial charge in [-0.2, -0.15) is 0 Å². The highest BCUT2D eigenvalue weighted by atomic mass is 35.5. The molecular formula is C22H18ClNO4. The van der Waals surface area contributed by atoms with Gasteiger partial charge in [0.1, 0.15) is 12.4 Å². The molecule has 0 fully saturated rings. The average Bonchev–Trinajstić information content (AvgIpc) is 2.72. The van der Waals surface area contributed by atoms with Crippen molar-refractivity contribution in [2.24, 2.45) is 0 Å². The number of carbonyl (C=O) groups is 2. The van der Waals surface area contributed by atoms with E-state index in [1.165, 1.54) is 0 Å². The third-order valence-electron chi connectivity index (χ3n) is 3.80. The van der Waals surface area contributed by atoms with Gasteiger partial charge in [0.25, 0.3) is 5.91 Å². The normalized spacial score (nSPS) is 10.2. The number of nitrogens with one attached hydrogen (secondary N) is 1. The van der Waals surface area contributed by atoms with E-state index in [-0.39, 0.29) is 19.1 Å². The minimum atomic E-state index is -0.495. The van der Waals surface area contributed by atoms with Gasteiger partial charge < -0.3 is 14.8 Å². The Hall–Kier alpha value is -3.31. The van der Waals surface area contributed by atoms with Gasteiger partial charge in [-0.1, -0.05) is 48.0 Å². The Morgan fingerprint density at radius 2 is 1.64 bits per heavy atom. The lowest BCUT2D eigenvalue weighted by atomic mass is 10.1. The first-order valence-electron chi connectivity index (χ1n) is 8.59. The predicted octanol–water partition coefficient (Wildman–Crippen LogP) is 4.71. The first kappa shape index (κ1) is 19.5. The maximum Gasteiger partial charge on any atom is 0.344 e. The number of halogens is 1. The average molecular weight is 396 g/mol. The highest BCUT2D eigenvalue weighted by molar-refractivity contribution is 6.30. The topological polar surface area (TPSA) is 64.6 Å². The molecule has 0 heterocycles. The fourth-order valence-electron chi connectivity index (χ4n) is 2.38. The predicted molar refractivity (Wildman–Crippen MR) is 108 cm³/mol. The molecule has 0 aliphatic carbocycles. The Labute approximate surface area is 167 Å². The largest absolute Gasteiger partial charge is 0.482 e. The van der Waals surface area contributed by atoms with Crippen molar-refractivity contribution in [3.63, 3.8) is 0 Å². The molecule has 3 rings (SSSR count). The van der Waals surface area contributed by atoms with Crippen molar-refractivity contribution in [3.8, 4) is 5.75 Å². The third kappa shape index (κ3) is 5.86. The fraction of sp³-hybridized carbons (Fsp3) is 0.0909. The van der Waals surface area contributed by atoms with Crippen LogP contribution in [-0.4, -0.2) is 18.5 Å². The molecular weight excluding hydrogens is 378 g/mol. The van der Waals surface area contributed by atoms with Crippen LogP contribution in [0.2, 0.25) is 5.02 Å². The summed E-state index contributed by atoms with van der Waals surface area (Å²) in [6.45, 7) is -0.115. The summed E-state index contributed by atoms with van der Waals surface area (Å²) < 4.78 is 10.5. The zero-order valence-electron chi connectivity index (χ0n) is 14.9. The second-order valence-electron chi connectivity index (χ2n) is 5.92. The number of anilines is 1. The Morgan fingerprint density at radius 1 is 0.893 bits per heavy atom. The van der Waals surface area contributed by atoms with Crippen LogP contribution in [0.3, 0.4) is 0 Å². The van der Waals surface area contributed by atoms with Crippen molar-refractivity contribution < 1.29 is 19.1 Å². The molecule has 142 valence electrons. The zero-order valence-corrected chi connectivity index (χ0v) is 15.7. The van der Waals surface area contributed by atoms with Crippen LogP contribution in [0.1, 0.15) is 15.9 Å². The van der Waals surface area contributed by atoms with E-state index in [0.29, 0.717) is 16.3 Å². The number of carbonyl (C=O) groups excluding carboxylic acids is 2. The van der Waals surface area contributed by atoms with Gasteiger partial charge in [-0.25, -0.2) is 4.79 Å². The van der Waals surface area contributed by atoms with Gasteiger partial charge >= 0.3 is 5.97 Å². The number of hydrogen-bond acceptors (Lipinski definition) is 4. The van der Waals surface area contributed by atoms with E-state index in [4.69, 9.17) is 21.1 Å². The monoisotopic (exact) mass is 395 g/mol. The molecule has 6 heteroatoms. The molecule has 0 radical (unpaired) electrons. The lowest BCUT2D eigenvalue weighted by molar-refractivity contribution is -0.147. The molecule has 0 aromatic heterocycles. The molecule has 0 saturated carbocycles. The van der Waals surface area contributed by atoms with E-state index < -0.39 is 5.97 Å². The highest BCUT2D eigenvalue weighted by Crippen LogP contribution is 2.17. The summed E-state index contributed by atoms with van der Waals surface area (Å²) in [6.07, 6.45) is 0. The van der Waals surface area contributed by atoms with Crippen LogP contribution in [-0.2, 0) is 16.1 Å². The number of rotatable bonds is 7. The number of amides is 1. The van der Waals surface area contributed by atoms with Crippen LogP contribution >= 0.6 is 11.6 Å². The van der Waals surface area contributed by atoms with Gasteiger partial charge in [-0.05, 0) is 48.0 Å². The Morgan fingerprint density at radius 3 is 2.36 bits per heavy atom. The van der Waals surface area contributed by atoms with Crippen LogP contribution < -0.4 is 10.1 Å². The summed E-state index contributed by atoms with van der Waals surface area (Å²) in [5.74, 6) is -0.200. The lowest BCUT2D eigenvalue weighted by Crippen LogP contribution is -2.15. The molecule has 1 N–H and O–H groups in total. The molecule has 0 aliphatic heterocycles. The summed E-state index contributed by atoms with van der Waals surface area (Å²) in [6, 6.07) is 22.8. The van der Waals surface area contributed by atoms with Gasteiger partial charge in [0.15, 0.2) is 6.61 Å². The molecule has 3 aromatic rings. The van der Waals surface area contributed by atoms with Crippen molar-refractivity contribution in [1.29, 1.82) is 0 Å². The molecule has 0 bridgehead atoms. The molecule has 5 nitrogen and oxygen atoms in total. The number of benzene rings is 3. The zero-order chi connectivity index (χ0) is 19.8. The summed E-state index contributed by atoms with van der Waals surface area (Å²) in [7, 11) is 0. The van der Waals surface area contributed by atoms with E-state index >= 15 is 0 Å². The molecule has 0 atom stereocenters. The molecule has 0 saturated heterocycles. The van der Waals surface area contributed by atoms with Crippen LogP contribution in [0.5, 0.6) is 5.75 Å². The molecule has 3 aromatic carbocycles. The maximum atomic E-state index is 12.2. The number of hydrogen-bond donors (Lipinski definition) is 1. The highest BCUT2D eigenvalue weighted by Gasteiger charge is 2.08. The minimum Gasteiger partial charge on any atom is -0.482 e. The van der Waals surface area contributed by atoms with E-state index in [1.54, 1.807) is 48.5 Å². The summed E-state index contributed by atoms with van der Waals surface area (Å²) in [4.78, 5) is 24.0. The second kappa shape index (κ2) is 9.58. The Bertz CT molecular complexity index is 942. The van der Waals surface area contributed by atoms with Crippen molar-refractivity contribution in [3.05, 3.63) is 95.0 Å². The van der Waals surface area contributed by atoms with E-state index in [0.717, 1.165) is 11.3 Å². The van der Waals surface area contributed by atoms with E-state index in [9.17, 15) is 9.59 Å². The van der Waals surface area contributed by atoms with E-state index in [1.807, 2.05) is 30.3 Å². The van der Waals surface area contributed by atoms with E-state index in [2.05, 4.69) is 5.32 Å². The van der Waals surface area contributed by atoms with Crippen molar-refractivity contribution in [2.45, 2.75) is 6.61 Å². The van der Waals surface area contributed by atoms with Crippen LogP contribution in [0, 0.1) is 0 Å². The fourth-order valence-corrected chi connectivity index (χ4v) is 2.56. The lowest BCUT2D eigenvalue weighted by Gasteiger charge is -2.08. The number of para-hydroxylation sites is 1. The number of ether oxygens (including phenoxy) is 2. The molecule has 28 heavy (non-hydrogen) atoms. The minimum absolute atomic E-state index is 0.0956. The third-order valence-corrected chi connectivity index (χ3v) is 4.04. The quantitative estimate of drug-likeness (QED) is 0.588. The standard InChI is InChI=1S/C22H18ClNO4/c23-18-5-4-8-20(13-18)27-15-21(25)28-14-16-9-11-17(12-10-16)22(26)24-19-6-2-1-3-7-19/h1-13H,14-15H2,(H,24,26). The van der Waals surface area contributed by atoms with Crippen molar-refractivity contribution in [1.82, 2.24) is 0 Å². The van der Waals surface area contributed by atoms with Crippen LogP contribution in [0.15, 0.2) is 78.9 Å². The Kier molecular flexibility index (Phi) is 6.65. The van der Waals surface area contributed by atoms with Crippen LogP contribution in [0.4, 0.5) is 5.69 Å². The van der Waals surface area contributed by atoms with Gasteiger partial charge in [0.2, 0.25) is 0 Å². The maximum absolute atomic E-state index is 12.2.